The first kappa shape index (κ1) is 13.1. The van der Waals surface area contributed by atoms with Crippen LogP contribution >= 0.6 is 0 Å². The van der Waals surface area contributed by atoms with E-state index >= 15 is 0 Å². The molecule has 2 rings (SSSR count). The predicted octanol–water partition coefficient (Wildman–Crippen LogP) is 2.92. The molecule has 1 N–H and O–H groups in total. The lowest BCUT2D eigenvalue weighted by molar-refractivity contribution is 0.0935. The summed E-state index contributed by atoms with van der Waals surface area (Å²) in [4.78, 5) is 11.9. The van der Waals surface area contributed by atoms with E-state index in [0.29, 0.717) is 5.76 Å². The number of methoxy groups -OCH3 is 1. The van der Waals surface area contributed by atoms with Gasteiger partial charge in [-0.3, -0.25) is 4.79 Å². The van der Waals surface area contributed by atoms with Gasteiger partial charge in [0.1, 0.15) is 5.76 Å². The van der Waals surface area contributed by atoms with Crippen molar-refractivity contribution in [3.8, 4) is 5.75 Å². The molecule has 1 amide bonds. The number of nitrogens with one attached hydrogen (secondary N) is 1. The first-order valence-corrected chi connectivity index (χ1v) is 5.79. The second-order valence-electron chi connectivity index (χ2n) is 4.06. The quantitative estimate of drug-likeness (QED) is 0.922. The summed E-state index contributed by atoms with van der Waals surface area (Å²) in [5.41, 5.74) is 0.233. The molecule has 0 saturated carbocycles. The molecule has 19 heavy (non-hydrogen) atoms. The summed E-state index contributed by atoms with van der Waals surface area (Å²) >= 11 is 0. The summed E-state index contributed by atoms with van der Waals surface area (Å²) in [6.07, 6.45) is 1.53. The summed E-state index contributed by atoms with van der Waals surface area (Å²) in [5, 5.41) is 2.72. The lowest BCUT2D eigenvalue weighted by atomic mass is 10.1. The molecule has 0 unspecified atom stereocenters. The Balaban J connectivity index is 2.10. The minimum absolute atomic E-state index is 0.107. The van der Waals surface area contributed by atoms with Crippen LogP contribution in [0.4, 0.5) is 4.39 Å². The van der Waals surface area contributed by atoms with Crippen molar-refractivity contribution in [2.75, 3.05) is 7.11 Å². The fourth-order valence-electron chi connectivity index (χ4n) is 1.70. The van der Waals surface area contributed by atoms with Crippen molar-refractivity contribution in [3.05, 3.63) is 53.7 Å². The molecule has 0 spiro atoms. The van der Waals surface area contributed by atoms with Crippen LogP contribution in [0.15, 0.2) is 41.0 Å². The van der Waals surface area contributed by atoms with Crippen LogP contribution < -0.4 is 10.1 Å². The largest absolute Gasteiger partial charge is 0.494 e. The standard InChI is InChI=1S/C14H14FNO3/c1-9(12-4-3-7-19-12)16-14(17)10-5-6-13(18-2)11(15)8-10/h3-9H,1-2H3,(H,16,17)/t9-/m1/s1. The Hall–Kier alpha value is -2.30. The number of hydrogen-bond acceptors (Lipinski definition) is 3. The van der Waals surface area contributed by atoms with Crippen molar-refractivity contribution in [2.45, 2.75) is 13.0 Å². The first-order chi connectivity index (χ1) is 9.11. The highest BCUT2D eigenvalue weighted by molar-refractivity contribution is 5.94. The zero-order chi connectivity index (χ0) is 13.8. The molecular weight excluding hydrogens is 249 g/mol. The van der Waals surface area contributed by atoms with Crippen LogP contribution in [0.5, 0.6) is 5.75 Å². The molecule has 0 fully saturated rings. The van der Waals surface area contributed by atoms with Crippen LogP contribution in [0.1, 0.15) is 29.1 Å². The molecule has 0 aliphatic rings. The van der Waals surface area contributed by atoms with Gasteiger partial charge in [-0.25, -0.2) is 4.39 Å². The van der Waals surface area contributed by atoms with Crippen LogP contribution in [-0.4, -0.2) is 13.0 Å². The van der Waals surface area contributed by atoms with E-state index < -0.39 is 5.82 Å². The molecule has 0 saturated heterocycles. The van der Waals surface area contributed by atoms with Gasteiger partial charge in [0.05, 0.1) is 19.4 Å². The molecule has 4 nitrogen and oxygen atoms in total. The fourth-order valence-corrected chi connectivity index (χ4v) is 1.70. The third-order valence-corrected chi connectivity index (χ3v) is 2.73. The highest BCUT2D eigenvalue weighted by Crippen LogP contribution is 2.19. The van der Waals surface area contributed by atoms with Gasteiger partial charge in [-0.05, 0) is 37.3 Å². The first-order valence-electron chi connectivity index (χ1n) is 5.79. The molecular formula is C14H14FNO3. The Morgan fingerprint density at radius 2 is 2.21 bits per heavy atom. The number of carbonyl (C=O) groups is 1. The molecule has 0 bridgehead atoms. The van der Waals surface area contributed by atoms with Gasteiger partial charge >= 0.3 is 0 Å². The van der Waals surface area contributed by atoms with E-state index in [1.807, 2.05) is 0 Å². The maximum absolute atomic E-state index is 13.5. The molecule has 100 valence electrons. The normalized spacial score (nSPS) is 11.9. The molecule has 1 atom stereocenters. The van der Waals surface area contributed by atoms with Crippen molar-refractivity contribution < 1.29 is 18.3 Å². The number of benzene rings is 1. The minimum atomic E-state index is -0.569. The third-order valence-electron chi connectivity index (χ3n) is 2.73. The fraction of sp³-hybridized carbons (Fsp3) is 0.214. The summed E-state index contributed by atoms with van der Waals surface area (Å²) in [6.45, 7) is 1.79. The Morgan fingerprint density at radius 3 is 2.79 bits per heavy atom. The van der Waals surface area contributed by atoms with Gasteiger partial charge in [-0.2, -0.15) is 0 Å². The monoisotopic (exact) mass is 263 g/mol. The van der Waals surface area contributed by atoms with Crippen LogP contribution in [0.25, 0.3) is 0 Å². The molecule has 0 aliphatic heterocycles. The SMILES string of the molecule is COc1ccc(C(=O)N[C@H](C)c2ccco2)cc1F. The zero-order valence-electron chi connectivity index (χ0n) is 10.6. The summed E-state index contributed by atoms with van der Waals surface area (Å²) in [7, 11) is 1.37. The second-order valence-corrected chi connectivity index (χ2v) is 4.06. The van der Waals surface area contributed by atoms with Gasteiger partial charge in [0.2, 0.25) is 0 Å². The average Bonchev–Trinajstić information content (AvgIpc) is 2.92. The van der Waals surface area contributed by atoms with Crippen molar-refractivity contribution in [3.63, 3.8) is 0 Å². The van der Waals surface area contributed by atoms with Crippen molar-refractivity contribution in [1.82, 2.24) is 5.32 Å². The smallest absolute Gasteiger partial charge is 0.251 e. The molecule has 1 aromatic heterocycles. The van der Waals surface area contributed by atoms with E-state index in [1.165, 1.54) is 25.5 Å². The Kier molecular flexibility index (Phi) is 3.85. The summed E-state index contributed by atoms with van der Waals surface area (Å²) in [6, 6.07) is 7.29. The second kappa shape index (κ2) is 5.56. The Labute approximate surface area is 110 Å². The van der Waals surface area contributed by atoms with Gasteiger partial charge < -0.3 is 14.5 Å². The van der Waals surface area contributed by atoms with Gasteiger partial charge in [-0.1, -0.05) is 0 Å². The molecule has 2 aromatic rings. The zero-order valence-corrected chi connectivity index (χ0v) is 10.6. The maximum Gasteiger partial charge on any atom is 0.251 e. The Morgan fingerprint density at radius 1 is 1.42 bits per heavy atom. The number of furan rings is 1. The Bertz CT molecular complexity index is 566. The molecule has 0 radical (unpaired) electrons. The van der Waals surface area contributed by atoms with E-state index in [0.717, 1.165) is 6.07 Å². The molecule has 1 aromatic carbocycles. The van der Waals surface area contributed by atoms with E-state index in [4.69, 9.17) is 9.15 Å². The van der Waals surface area contributed by atoms with Crippen molar-refractivity contribution >= 4 is 5.91 Å². The number of halogens is 1. The van der Waals surface area contributed by atoms with Gasteiger partial charge in [-0.15, -0.1) is 0 Å². The number of hydrogen-bond donors (Lipinski definition) is 1. The van der Waals surface area contributed by atoms with E-state index in [9.17, 15) is 9.18 Å². The van der Waals surface area contributed by atoms with Crippen LogP contribution in [-0.2, 0) is 0 Å². The van der Waals surface area contributed by atoms with Crippen LogP contribution in [0.2, 0.25) is 0 Å². The number of ether oxygens (including phenoxy) is 1. The van der Waals surface area contributed by atoms with Crippen LogP contribution in [0, 0.1) is 5.82 Å². The van der Waals surface area contributed by atoms with E-state index in [1.54, 1.807) is 19.1 Å². The van der Waals surface area contributed by atoms with E-state index in [-0.39, 0.29) is 23.3 Å². The highest BCUT2D eigenvalue weighted by atomic mass is 19.1. The predicted molar refractivity (Wildman–Crippen MR) is 67.5 cm³/mol. The highest BCUT2D eigenvalue weighted by Gasteiger charge is 2.15. The van der Waals surface area contributed by atoms with Crippen molar-refractivity contribution in [2.24, 2.45) is 0 Å². The molecule has 1 heterocycles. The van der Waals surface area contributed by atoms with Gasteiger partial charge in [0, 0.05) is 5.56 Å². The van der Waals surface area contributed by atoms with Gasteiger partial charge in [0.25, 0.3) is 5.91 Å². The third kappa shape index (κ3) is 2.93. The van der Waals surface area contributed by atoms with Gasteiger partial charge in [0.15, 0.2) is 11.6 Å². The van der Waals surface area contributed by atoms with E-state index in [2.05, 4.69) is 5.32 Å². The van der Waals surface area contributed by atoms with Crippen molar-refractivity contribution in [1.29, 1.82) is 0 Å². The summed E-state index contributed by atoms with van der Waals surface area (Å²) in [5.74, 6) is -0.191. The number of amides is 1. The lowest BCUT2D eigenvalue weighted by Crippen LogP contribution is -2.26. The van der Waals surface area contributed by atoms with Crippen LogP contribution in [0.3, 0.4) is 0 Å². The summed E-state index contributed by atoms with van der Waals surface area (Å²) < 4.78 is 23.5. The topological polar surface area (TPSA) is 51.5 Å². The number of rotatable bonds is 4. The molecule has 0 aliphatic carbocycles. The molecule has 5 heteroatoms. The minimum Gasteiger partial charge on any atom is -0.494 e. The maximum atomic E-state index is 13.5. The number of carbonyl (C=O) groups excluding carboxylic acids is 1. The lowest BCUT2D eigenvalue weighted by Gasteiger charge is -2.12. The average molecular weight is 263 g/mol.